The highest BCUT2D eigenvalue weighted by Crippen LogP contribution is 2.50. The van der Waals surface area contributed by atoms with Crippen LogP contribution in [0.4, 0.5) is 0 Å². The van der Waals surface area contributed by atoms with Crippen molar-refractivity contribution in [2.45, 2.75) is 65.2 Å². The highest BCUT2D eigenvalue weighted by molar-refractivity contribution is 5.92. The van der Waals surface area contributed by atoms with E-state index in [1.807, 2.05) is 6.92 Å². The van der Waals surface area contributed by atoms with Crippen LogP contribution in [0.15, 0.2) is 17.7 Å². The molecular weight excluding hydrogens is 304 g/mol. The summed E-state index contributed by atoms with van der Waals surface area (Å²) in [5.41, 5.74) is 2.71. The van der Waals surface area contributed by atoms with E-state index in [0.717, 1.165) is 36.8 Å². The number of carboxylic acid groups (broad SMARTS) is 1. The van der Waals surface area contributed by atoms with Crippen LogP contribution in [-0.4, -0.2) is 21.3 Å². The summed E-state index contributed by atoms with van der Waals surface area (Å²) in [6, 6.07) is 1.57. The van der Waals surface area contributed by atoms with Gasteiger partial charge >= 0.3 is 5.97 Å². The van der Waals surface area contributed by atoms with Gasteiger partial charge in [0.1, 0.15) is 5.56 Å². The van der Waals surface area contributed by atoms with E-state index in [9.17, 15) is 20.1 Å². The van der Waals surface area contributed by atoms with Crippen LogP contribution < -0.4 is 0 Å². The first-order valence-electron chi connectivity index (χ1n) is 8.69. The van der Waals surface area contributed by atoms with Gasteiger partial charge in [-0.1, -0.05) is 25.5 Å². The molecule has 2 rings (SSSR count). The zero-order valence-corrected chi connectivity index (χ0v) is 15.0. The number of phenols is 2. The van der Waals surface area contributed by atoms with Gasteiger partial charge in [-0.25, -0.2) is 4.79 Å². The molecule has 0 fully saturated rings. The smallest absolute Gasteiger partial charge is 0.339 e. The molecule has 0 saturated heterocycles. The molecule has 0 aromatic heterocycles. The van der Waals surface area contributed by atoms with E-state index in [4.69, 9.17) is 0 Å². The number of fused-ring (bicyclic) bond motifs is 1. The molecule has 3 atom stereocenters. The molecule has 0 aliphatic heterocycles. The first-order valence-corrected chi connectivity index (χ1v) is 8.69. The fourth-order valence-electron chi connectivity index (χ4n) is 3.84. The predicted molar refractivity (Wildman–Crippen MR) is 94.9 cm³/mol. The van der Waals surface area contributed by atoms with E-state index in [1.54, 1.807) is 6.07 Å². The van der Waals surface area contributed by atoms with E-state index < -0.39 is 11.7 Å². The SMILES string of the molecule is CC(C)=CCC[C@H](C)[C@@H]1CC[C@@H](C)c2c1cc(C(=O)O)c(O)c2O. The van der Waals surface area contributed by atoms with Crippen molar-refractivity contribution in [2.24, 2.45) is 5.92 Å². The maximum Gasteiger partial charge on any atom is 0.339 e. The molecule has 3 N–H and O–H groups in total. The summed E-state index contributed by atoms with van der Waals surface area (Å²) < 4.78 is 0. The zero-order valence-electron chi connectivity index (χ0n) is 15.0. The Morgan fingerprint density at radius 1 is 1.29 bits per heavy atom. The van der Waals surface area contributed by atoms with Crippen molar-refractivity contribution in [3.8, 4) is 11.5 Å². The molecule has 132 valence electrons. The van der Waals surface area contributed by atoms with Crippen LogP contribution in [0.5, 0.6) is 11.5 Å². The van der Waals surface area contributed by atoms with Gasteiger partial charge in [-0.05, 0) is 68.9 Å². The second kappa shape index (κ2) is 7.29. The summed E-state index contributed by atoms with van der Waals surface area (Å²) in [7, 11) is 0. The minimum Gasteiger partial charge on any atom is -0.504 e. The van der Waals surface area contributed by atoms with Crippen molar-refractivity contribution in [3.05, 3.63) is 34.4 Å². The average Bonchev–Trinajstić information content (AvgIpc) is 2.49. The maximum atomic E-state index is 11.4. The lowest BCUT2D eigenvalue weighted by molar-refractivity contribution is 0.0692. The second-order valence-electron chi connectivity index (χ2n) is 7.35. The highest BCUT2D eigenvalue weighted by Gasteiger charge is 2.33. The molecule has 0 bridgehead atoms. The lowest BCUT2D eigenvalue weighted by Crippen LogP contribution is -2.20. The van der Waals surface area contributed by atoms with Crippen molar-refractivity contribution in [1.82, 2.24) is 0 Å². The molecular formula is C20H28O4. The molecule has 4 heteroatoms. The summed E-state index contributed by atoms with van der Waals surface area (Å²) in [5, 5.41) is 29.7. The van der Waals surface area contributed by atoms with E-state index in [1.165, 1.54) is 5.57 Å². The van der Waals surface area contributed by atoms with Crippen molar-refractivity contribution < 1.29 is 20.1 Å². The molecule has 1 aliphatic carbocycles. The molecule has 0 heterocycles. The zero-order chi connectivity index (χ0) is 18.0. The number of phenolic OH excluding ortho intramolecular Hbond substituents is 1. The Morgan fingerprint density at radius 2 is 1.96 bits per heavy atom. The van der Waals surface area contributed by atoms with Gasteiger partial charge in [0.15, 0.2) is 11.5 Å². The molecule has 0 spiro atoms. The van der Waals surface area contributed by atoms with Gasteiger partial charge in [0, 0.05) is 5.56 Å². The van der Waals surface area contributed by atoms with Gasteiger partial charge in [-0.15, -0.1) is 0 Å². The second-order valence-corrected chi connectivity index (χ2v) is 7.35. The van der Waals surface area contributed by atoms with Crippen LogP contribution in [0.2, 0.25) is 0 Å². The molecule has 0 amide bonds. The van der Waals surface area contributed by atoms with Crippen LogP contribution in [0, 0.1) is 5.92 Å². The highest BCUT2D eigenvalue weighted by atomic mass is 16.4. The Hall–Kier alpha value is -1.97. The molecule has 1 aliphatic rings. The number of benzene rings is 1. The predicted octanol–water partition coefficient (Wildman–Crippen LogP) is 5.16. The van der Waals surface area contributed by atoms with E-state index >= 15 is 0 Å². The topological polar surface area (TPSA) is 77.8 Å². The number of hydrogen-bond acceptors (Lipinski definition) is 3. The summed E-state index contributed by atoms with van der Waals surface area (Å²) in [5.74, 6) is -1.25. The quantitative estimate of drug-likeness (QED) is 0.514. The number of hydrogen-bond donors (Lipinski definition) is 3. The molecule has 4 nitrogen and oxygen atoms in total. The van der Waals surface area contributed by atoms with Crippen LogP contribution in [0.3, 0.4) is 0 Å². The molecule has 0 unspecified atom stereocenters. The monoisotopic (exact) mass is 332 g/mol. The van der Waals surface area contributed by atoms with Crippen LogP contribution >= 0.6 is 0 Å². The number of carboxylic acids is 1. The largest absolute Gasteiger partial charge is 0.504 e. The van der Waals surface area contributed by atoms with Gasteiger partial charge in [0.25, 0.3) is 0 Å². The molecule has 0 radical (unpaired) electrons. The third-order valence-electron chi connectivity index (χ3n) is 5.24. The maximum absolute atomic E-state index is 11.4. The van der Waals surface area contributed by atoms with Crippen LogP contribution in [0.25, 0.3) is 0 Å². The van der Waals surface area contributed by atoms with Crippen molar-refractivity contribution >= 4 is 5.97 Å². The van der Waals surface area contributed by atoms with Crippen LogP contribution in [-0.2, 0) is 0 Å². The van der Waals surface area contributed by atoms with E-state index in [-0.39, 0.29) is 23.1 Å². The van der Waals surface area contributed by atoms with Crippen molar-refractivity contribution in [2.75, 3.05) is 0 Å². The van der Waals surface area contributed by atoms with Gasteiger partial charge in [-0.3, -0.25) is 0 Å². The van der Waals surface area contributed by atoms with Gasteiger partial charge < -0.3 is 15.3 Å². The Balaban J connectivity index is 2.41. The van der Waals surface area contributed by atoms with Crippen molar-refractivity contribution in [1.29, 1.82) is 0 Å². The minimum atomic E-state index is -1.21. The normalized spacial score (nSPS) is 21.0. The number of allylic oxidation sites excluding steroid dienone is 2. The number of aromatic hydroxyl groups is 2. The van der Waals surface area contributed by atoms with Crippen molar-refractivity contribution in [3.63, 3.8) is 0 Å². The Labute approximate surface area is 143 Å². The summed E-state index contributed by atoms with van der Waals surface area (Å²) in [6.07, 6.45) is 6.16. The van der Waals surface area contributed by atoms with E-state index in [2.05, 4.69) is 26.8 Å². The lowest BCUT2D eigenvalue weighted by atomic mass is 9.70. The average molecular weight is 332 g/mol. The fourth-order valence-corrected chi connectivity index (χ4v) is 3.84. The van der Waals surface area contributed by atoms with Gasteiger partial charge in [0.05, 0.1) is 0 Å². The Bertz CT molecular complexity index is 656. The first-order chi connectivity index (χ1) is 11.2. The van der Waals surface area contributed by atoms with Crippen LogP contribution in [0.1, 0.15) is 86.7 Å². The first kappa shape index (κ1) is 18.4. The Kier molecular flexibility index (Phi) is 5.58. The standard InChI is InChI=1S/C20H28O4/c1-11(2)6-5-7-12(3)14-9-8-13(4)17-15(14)10-16(20(23)24)18(21)19(17)22/h6,10,12-14,21-22H,5,7-9H2,1-4H3,(H,23,24)/t12-,13+,14-/m0/s1. The minimum absolute atomic E-state index is 0.120. The molecule has 24 heavy (non-hydrogen) atoms. The third-order valence-corrected chi connectivity index (χ3v) is 5.24. The molecule has 1 aromatic carbocycles. The lowest BCUT2D eigenvalue weighted by Gasteiger charge is -2.34. The Morgan fingerprint density at radius 3 is 2.54 bits per heavy atom. The fraction of sp³-hybridized carbons (Fsp3) is 0.550. The summed E-state index contributed by atoms with van der Waals surface area (Å²) in [6.45, 7) is 8.38. The number of carbonyl (C=O) groups is 1. The summed E-state index contributed by atoms with van der Waals surface area (Å²) in [4.78, 5) is 11.4. The summed E-state index contributed by atoms with van der Waals surface area (Å²) >= 11 is 0. The third kappa shape index (κ3) is 3.58. The number of aromatic carboxylic acids is 1. The van der Waals surface area contributed by atoms with Gasteiger partial charge in [0.2, 0.25) is 0 Å². The number of rotatable bonds is 5. The van der Waals surface area contributed by atoms with E-state index in [0.29, 0.717) is 5.92 Å². The van der Waals surface area contributed by atoms with Gasteiger partial charge in [-0.2, -0.15) is 0 Å². The molecule has 0 saturated carbocycles. The molecule has 1 aromatic rings.